The van der Waals surface area contributed by atoms with Crippen molar-refractivity contribution in [3.05, 3.63) is 58.1 Å². The monoisotopic (exact) mass is 365 g/mol. The van der Waals surface area contributed by atoms with Gasteiger partial charge in [-0.1, -0.05) is 29.8 Å². The maximum Gasteiger partial charge on any atom is 0.244 e. The summed E-state index contributed by atoms with van der Waals surface area (Å²) in [6.07, 6.45) is 3.33. The van der Waals surface area contributed by atoms with E-state index < -0.39 is 10.0 Å². The van der Waals surface area contributed by atoms with Crippen LogP contribution in [0, 0.1) is 0 Å². The molecule has 1 aliphatic carbocycles. The predicted octanol–water partition coefficient (Wildman–Crippen LogP) is 3.88. The number of sulfonamides is 1. The third-order valence-corrected chi connectivity index (χ3v) is 6.17. The van der Waals surface area contributed by atoms with E-state index in [-0.39, 0.29) is 16.7 Å². The number of hydrogen-bond acceptors (Lipinski definition) is 3. The summed E-state index contributed by atoms with van der Waals surface area (Å²) in [6.45, 7) is 1.84. The lowest BCUT2D eigenvalue weighted by Gasteiger charge is -2.17. The Hall–Kier alpha value is -1.56. The van der Waals surface area contributed by atoms with Crippen molar-refractivity contribution in [2.45, 2.75) is 37.1 Å². The summed E-state index contributed by atoms with van der Waals surface area (Å²) in [5, 5.41) is 0.348. The van der Waals surface area contributed by atoms with Gasteiger partial charge < -0.3 is 4.74 Å². The van der Waals surface area contributed by atoms with Gasteiger partial charge in [-0.05, 0) is 61.1 Å². The minimum Gasteiger partial charge on any atom is -0.495 e. The summed E-state index contributed by atoms with van der Waals surface area (Å²) in [7, 11) is -2.31. The SMILES string of the molecule is COc1ccc(Cl)cc1S(=O)(=O)NC(C)c1ccc2c(c1)CCC2. The van der Waals surface area contributed by atoms with Crippen molar-refractivity contribution in [3.8, 4) is 5.75 Å². The number of halogens is 1. The van der Waals surface area contributed by atoms with E-state index in [0.717, 1.165) is 18.4 Å². The van der Waals surface area contributed by atoms with E-state index in [1.54, 1.807) is 12.1 Å². The first-order valence-electron chi connectivity index (χ1n) is 7.88. The Labute approximate surface area is 147 Å². The van der Waals surface area contributed by atoms with Crippen LogP contribution in [0.4, 0.5) is 0 Å². The molecule has 1 unspecified atom stereocenters. The Morgan fingerprint density at radius 2 is 1.88 bits per heavy atom. The van der Waals surface area contributed by atoms with Crippen LogP contribution in [0.3, 0.4) is 0 Å². The number of benzene rings is 2. The van der Waals surface area contributed by atoms with Crippen molar-refractivity contribution < 1.29 is 13.2 Å². The smallest absolute Gasteiger partial charge is 0.244 e. The first-order chi connectivity index (χ1) is 11.4. The lowest BCUT2D eigenvalue weighted by atomic mass is 10.0. The summed E-state index contributed by atoms with van der Waals surface area (Å²) in [4.78, 5) is 0.0468. The molecule has 0 saturated carbocycles. The van der Waals surface area contributed by atoms with Gasteiger partial charge in [-0.3, -0.25) is 0 Å². The Morgan fingerprint density at radius 1 is 1.12 bits per heavy atom. The van der Waals surface area contributed by atoms with Crippen LogP contribution in [0.25, 0.3) is 0 Å². The molecule has 1 atom stereocenters. The highest BCUT2D eigenvalue weighted by atomic mass is 35.5. The van der Waals surface area contributed by atoms with E-state index in [2.05, 4.69) is 16.9 Å². The average molecular weight is 366 g/mol. The summed E-state index contributed by atoms with van der Waals surface area (Å²) >= 11 is 5.95. The number of rotatable bonds is 5. The van der Waals surface area contributed by atoms with Crippen molar-refractivity contribution in [3.63, 3.8) is 0 Å². The van der Waals surface area contributed by atoms with Gasteiger partial charge in [0.1, 0.15) is 10.6 Å². The zero-order valence-electron chi connectivity index (χ0n) is 13.7. The molecule has 0 fully saturated rings. The highest BCUT2D eigenvalue weighted by Gasteiger charge is 2.23. The van der Waals surface area contributed by atoms with Crippen LogP contribution in [0.2, 0.25) is 5.02 Å². The van der Waals surface area contributed by atoms with Gasteiger partial charge in [0.25, 0.3) is 0 Å². The first-order valence-corrected chi connectivity index (χ1v) is 9.74. The van der Waals surface area contributed by atoms with E-state index in [4.69, 9.17) is 16.3 Å². The number of nitrogens with one attached hydrogen (secondary N) is 1. The second kappa shape index (κ2) is 6.75. The summed E-state index contributed by atoms with van der Waals surface area (Å²) < 4.78 is 33.3. The zero-order valence-corrected chi connectivity index (χ0v) is 15.2. The molecule has 0 aliphatic heterocycles. The van der Waals surface area contributed by atoms with Gasteiger partial charge in [-0.25, -0.2) is 13.1 Å². The van der Waals surface area contributed by atoms with Crippen LogP contribution in [0.1, 0.15) is 36.1 Å². The maximum absolute atomic E-state index is 12.7. The molecule has 3 rings (SSSR count). The number of aryl methyl sites for hydroxylation is 2. The fraction of sp³-hybridized carbons (Fsp3) is 0.333. The van der Waals surface area contributed by atoms with Crippen LogP contribution >= 0.6 is 11.6 Å². The Bertz CT molecular complexity index is 865. The summed E-state index contributed by atoms with van der Waals surface area (Å²) in [5.41, 5.74) is 3.64. The van der Waals surface area contributed by atoms with Crippen LogP contribution in [-0.4, -0.2) is 15.5 Å². The molecule has 0 amide bonds. The third-order valence-electron chi connectivity index (χ3n) is 4.37. The molecule has 1 N–H and O–H groups in total. The quantitative estimate of drug-likeness (QED) is 0.874. The fourth-order valence-electron chi connectivity index (χ4n) is 3.09. The van der Waals surface area contributed by atoms with Gasteiger partial charge in [-0.15, -0.1) is 0 Å². The summed E-state index contributed by atoms with van der Waals surface area (Å²) in [5.74, 6) is 0.271. The standard InChI is InChI=1S/C18H20ClNO3S/c1-12(14-7-6-13-4-3-5-15(13)10-14)20-24(21,22)18-11-16(19)8-9-17(18)23-2/h6-12,20H,3-5H2,1-2H3. The van der Waals surface area contributed by atoms with Crippen LogP contribution < -0.4 is 9.46 Å². The molecule has 1 aliphatic rings. The fourth-order valence-corrected chi connectivity index (χ4v) is 4.75. The van der Waals surface area contributed by atoms with Crippen molar-refractivity contribution in [1.82, 2.24) is 4.72 Å². The van der Waals surface area contributed by atoms with Gasteiger partial charge in [0.05, 0.1) is 7.11 Å². The first kappa shape index (κ1) is 17.3. The average Bonchev–Trinajstić information content (AvgIpc) is 3.02. The molecule has 0 radical (unpaired) electrons. The predicted molar refractivity (Wildman–Crippen MR) is 95.2 cm³/mol. The van der Waals surface area contributed by atoms with E-state index in [1.165, 1.54) is 30.7 Å². The number of hydrogen-bond donors (Lipinski definition) is 1. The minimum atomic E-state index is -3.75. The molecule has 0 spiro atoms. The van der Waals surface area contributed by atoms with Crippen LogP contribution in [-0.2, 0) is 22.9 Å². The largest absolute Gasteiger partial charge is 0.495 e. The van der Waals surface area contributed by atoms with Crippen molar-refractivity contribution in [1.29, 1.82) is 0 Å². The second-order valence-electron chi connectivity index (χ2n) is 6.02. The van der Waals surface area contributed by atoms with Gasteiger partial charge in [0, 0.05) is 11.1 Å². The normalized spacial score (nSPS) is 15.1. The Kier molecular flexibility index (Phi) is 4.85. The third kappa shape index (κ3) is 3.43. The maximum atomic E-state index is 12.7. The molecule has 6 heteroatoms. The molecule has 0 aromatic heterocycles. The van der Waals surface area contributed by atoms with E-state index in [0.29, 0.717) is 5.02 Å². The number of methoxy groups -OCH3 is 1. The lowest BCUT2D eigenvalue weighted by molar-refractivity contribution is 0.402. The van der Waals surface area contributed by atoms with Crippen LogP contribution in [0.15, 0.2) is 41.3 Å². The zero-order chi connectivity index (χ0) is 17.3. The number of fused-ring (bicyclic) bond motifs is 1. The number of ether oxygens (including phenoxy) is 1. The molecule has 24 heavy (non-hydrogen) atoms. The summed E-state index contributed by atoms with van der Waals surface area (Å²) in [6, 6.07) is 10.4. The van der Waals surface area contributed by atoms with Gasteiger partial charge in [-0.2, -0.15) is 0 Å². The highest BCUT2D eigenvalue weighted by molar-refractivity contribution is 7.89. The van der Waals surface area contributed by atoms with E-state index in [1.807, 2.05) is 13.0 Å². The van der Waals surface area contributed by atoms with Gasteiger partial charge in [0.2, 0.25) is 10.0 Å². The molecule has 2 aromatic carbocycles. The molecule has 0 heterocycles. The molecular formula is C18H20ClNO3S. The van der Waals surface area contributed by atoms with E-state index in [9.17, 15) is 8.42 Å². The molecule has 2 aromatic rings. The highest BCUT2D eigenvalue weighted by Crippen LogP contribution is 2.29. The van der Waals surface area contributed by atoms with Crippen molar-refractivity contribution >= 4 is 21.6 Å². The molecule has 0 saturated heterocycles. The Balaban J connectivity index is 1.88. The molecule has 128 valence electrons. The topological polar surface area (TPSA) is 55.4 Å². The Morgan fingerprint density at radius 3 is 2.62 bits per heavy atom. The van der Waals surface area contributed by atoms with E-state index >= 15 is 0 Å². The molecule has 0 bridgehead atoms. The van der Waals surface area contributed by atoms with Gasteiger partial charge in [0.15, 0.2) is 0 Å². The van der Waals surface area contributed by atoms with Crippen molar-refractivity contribution in [2.75, 3.05) is 7.11 Å². The van der Waals surface area contributed by atoms with Gasteiger partial charge >= 0.3 is 0 Å². The minimum absolute atomic E-state index is 0.0468. The van der Waals surface area contributed by atoms with Crippen molar-refractivity contribution in [2.24, 2.45) is 0 Å². The molecule has 4 nitrogen and oxygen atoms in total. The lowest BCUT2D eigenvalue weighted by Crippen LogP contribution is -2.27. The second-order valence-corrected chi connectivity index (χ2v) is 8.14. The van der Waals surface area contributed by atoms with Crippen LogP contribution in [0.5, 0.6) is 5.75 Å². The molecular weight excluding hydrogens is 346 g/mol.